The van der Waals surface area contributed by atoms with Gasteiger partial charge in [-0.2, -0.15) is 0 Å². The summed E-state index contributed by atoms with van der Waals surface area (Å²) >= 11 is 0. The molecule has 23 heavy (non-hydrogen) atoms. The van der Waals surface area contributed by atoms with E-state index in [-0.39, 0.29) is 6.10 Å². The van der Waals surface area contributed by atoms with Crippen molar-refractivity contribution in [2.24, 2.45) is 4.99 Å². The number of hydrogen-bond donors (Lipinski definition) is 2. The molecule has 2 aliphatic rings. The maximum atomic E-state index is 13.9. The van der Waals surface area contributed by atoms with Gasteiger partial charge in [0.05, 0.1) is 31.2 Å². The first-order valence-electron chi connectivity index (χ1n) is 7.37. The third-order valence-corrected chi connectivity index (χ3v) is 3.67. The van der Waals surface area contributed by atoms with Crippen LogP contribution in [0.15, 0.2) is 29.5 Å². The first-order chi connectivity index (χ1) is 11.2. The molecule has 7 nitrogen and oxygen atoms in total. The Morgan fingerprint density at radius 2 is 2.43 bits per heavy atom. The molecule has 0 radical (unpaired) electrons. The molecule has 124 valence electrons. The quantitative estimate of drug-likeness (QED) is 0.827. The fourth-order valence-electron chi connectivity index (χ4n) is 2.62. The first kappa shape index (κ1) is 15.9. The number of nitrogens with one attached hydrogen (secondary N) is 1. The highest BCUT2D eigenvalue weighted by Crippen LogP contribution is 2.19. The predicted octanol–water partition coefficient (Wildman–Crippen LogP) is 0.186. The van der Waals surface area contributed by atoms with Gasteiger partial charge in [0, 0.05) is 32.0 Å². The highest BCUT2D eigenvalue weighted by molar-refractivity contribution is 5.91. The number of aliphatic imine (C=N–C) groups is 1. The Kier molecular flexibility index (Phi) is 4.85. The molecule has 1 unspecified atom stereocenters. The molecule has 0 aliphatic carbocycles. The number of pyridine rings is 1. The molecule has 3 rings (SSSR count). The first-order valence-corrected chi connectivity index (χ1v) is 7.37. The summed E-state index contributed by atoms with van der Waals surface area (Å²) in [6.07, 6.45) is 3.01. The monoisotopic (exact) mass is 322 g/mol. The van der Waals surface area contributed by atoms with Gasteiger partial charge in [-0.05, 0) is 12.1 Å². The molecule has 0 bridgehead atoms. The minimum absolute atomic E-state index is 0.0672. The van der Waals surface area contributed by atoms with Crippen molar-refractivity contribution >= 4 is 11.7 Å². The second-order valence-electron chi connectivity index (χ2n) is 5.32. The molecular formula is C15H19FN4O3. The van der Waals surface area contributed by atoms with Crippen molar-refractivity contribution in [3.05, 3.63) is 35.9 Å². The fourth-order valence-corrected chi connectivity index (χ4v) is 2.62. The Balaban J connectivity index is 1.76. The van der Waals surface area contributed by atoms with Gasteiger partial charge in [0.1, 0.15) is 0 Å². The van der Waals surface area contributed by atoms with E-state index in [9.17, 15) is 9.50 Å². The normalized spacial score (nSPS) is 24.7. The third-order valence-electron chi connectivity index (χ3n) is 3.67. The maximum Gasteiger partial charge on any atom is 0.201 e. The molecule has 2 N–H and O–H groups in total. The van der Waals surface area contributed by atoms with E-state index in [1.54, 1.807) is 13.2 Å². The number of methoxy groups -OCH3 is 1. The maximum absolute atomic E-state index is 13.9. The molecular weight excluding hydrogens is 303 g/mol. The van der Waals surface area contributed by atoms with Crippen LogP contribution in [0.4, 0.5) is 4.39 Å². The number of aliphatic hydroxyl groups excluding tert-OH is 1. The average molecular weight is 322 g/mol. The summed E-state index contributed by atoms with van der Waals surface area (Å²) in [5.74, 6) is 0.0366. The van der Waals surface area contributed by atoms with Crippen molar-refractivity contribution in [1.82, 2.24) is 15.2 Å². The summed E-state index contributed by atoms with van der Waals surface area (Å²) in [5.41, 5.74) is 0.810. The van der Waals surface area contributed by atoms with Gasteiger partial charge in [-0.3, -0.25) is 4.98 Å². The highest BCUT2D eigenvalue weighted by atomic mass is 19.1. The lowest BCUT2D eigenvalue weighted by Gasteiger charge is -2.36. The molecule has 1 saturated heterocycles. The van der Waals surface area contributed by atoms with Gasteiger partial charge in [-0.15, -0.1) is 0 Å². The topological polar surface area (TPSA) is 79.2 Å². The summed E-state index contributed by atoms with van der Waals surface area (Å²) in [4.78, 5) is 9.88. The van der Waals surface area contributed by atoms with Crippen molar-refractivity contribution in [3.8, 4) is 0 Å². The number of morpholine rings is 1. The van der Waals surface area contributed by atoms with E-state index in [0.29, 0.717) is 43.5 Å². The Labute approximate surface area is 133 Å². The molecule has 0 spiro atoms. The lowest BCUT2D eigenvalue weighted by atomic mass is 10.1. The van der Waals surface area contributed by atoms with Crippen LogP contribution in [0.25, 0.3) is 5.70 Å². The van der Waals surface area contributed by atoms with Crippen LogP contribution in [0.5, 0.6) is 0 Å². The van der Waals surface area contributed by atoms with Gasteiger partial charge in [-0.1, -0.05) is 0 Å². The SMILES string of the molecule is COC[C@H]1CN(C2=NC(O)C=C(c3ccncc3F)N2)CCO1. The molecule has 0 saturated carbocycles. The summed E-state index contributed by atoms with van der Waals surface area (Å²) in [6.45, 7) is 2.23. The van der Waals surface area contributed by atoms with Gasteiger partial charge in [-0.25, -0.2) is 9.38 Å². The molecule has 0 amide bonds. The fraction of sp³-hybridized carbons (Fsp3) is 0.467. The van der Waals surface area contributed by atoms with Crippen molar-refractivity contribution in [1.29, 1.82) is 0 Å². The predicted molar refractivity (Wildman–Crippen MR) is 81.9 cm³/mol. The van der Waals surface area contributed by atoms with Crippen molar-refractivity contribution in [2.45, 2.75) is 12.3 Å². The lowest BCUT2D eigenvalue weighted by Crippen LogP contribution is -2.52. The molecule has 1 fully saturated rings. The van der Waals surface area contributed by atoms with Crippen LogP contribution in [0, 0.1) is 5.82 Å². The van der Waals surface area contributed by atoms with Crippen molar-refractivity contribution in [2.75, 3.05) is 33.4 Å². The number of nitrogens with zero attached hydrogens (tertiary/aromatic N) is 3. The number of rotatable bonds is 3. The van der Waals surface area contributed by atoms with Crippen LogP contribution < -0.4 is 5.32 Å². The van der Waals surface area contributed by atoms with E-state index in [4.69, 9.17) is 9.47 Å². The number of aromatic nitrogens is 1. The smallest absolute Gasteiger partial charge is 0.201 e. The highest BCUT2D eigenvalue weighted by Gasteiger charge is 2.26. The van der Waals surface area contributed by atoms with Crippen molar-refractivity contribution in [3.63, 3.8) is 0 Å². The number of halogens is 1. The second kappa shape index (κ2) is 7.03. The number of hydrogen-bond acceptors (Lipinski definition) is 7. The van der Waals surface area contributed by atoms with E-state index in [1.807, 2.05) is 4.90 Å². The van der Waals surface area contributed by atoms with Crippen LogP contribution in [0.2, 0.25) is 0 Å². The Hall–Kier alpha value is -2.03. The minimum Gasteiger partial charge on any atom is -0.382 e. The molecule has 2 aliphatic heterocycles. The van der Waals surface area contributed by atoms with E-state index < -0.39 is 12.0 Å². The number of guanidine groups is 1. The Morgan fingerprint density at radius 1 is 1.57 bits per heavy atom. The standard InChI is InChI=1S/C15H19FN4O3/c1-22-9-10-8-20(4-5-23-10)15-18-13(6-14(21)19-15)11-2-3-17-7-12(11)16/h2-3,6-7,10,14,21H,4-5,8-9H2,1H3,(H,18,19)/t10-,14?/m1/s1. The van der Waals surface area contributed by atoms with Crippen LogP contribution in [0.3, 0.4) is 0 Å². The van der Waals surface area contributed by atoms with Gasteiger partial charge in [0.15, 0.2) is 12.0 Å². The summed E-state index contributed by atoms with van der Waals surface area (Å²) < 4.78 is 24.6. The summed E-state index contributed by atoms with van der Waals surface area (Å²) in [7, 11) is 1.62. The van der Waals surface area contributed by atoms with Crippen LogP contribution in [0.1, 0.15) is 5.56 Å². The number of aliphatic hydroxyl groups is 1. The van der Waals surface area contributed by atoms with Gasteiger partial charge in [0.25, 0.3) is 0 Å². The van der Waals surface area contributed by atoms with E-state index in [2.05, 4.69) is 15.3 Å². The largest absolute Gasteiger partial charge is 0.382 e. The van der Waals surface area contributed by atoms with Crippen LogP contribution in [-0.4, -0.2) is 66.7 Å². The molecule has 1 aromatic rings. The summed E-state index contributed by atoms with van der Waals surface area (Å²) in [5, 5.41) is 13.1. The van der Waals surface area contributed by atoms with Gasteiger partial charge in [0.2, 0.25) is 5.96 Å². The zero-order valence-electron chi connectivity index (χ0n) is 12.8. The lowest BCUT2D eigenvalue weighted by molar-refractivity contribution is -0.0448. The Morgan fingerprint density at radius 3 is 3.22 bits per heavy atom. The minimum atomic E-state index is -1.03. The van der Waals surface area contributed by atoms with Gasteiger partial charge >= 0.3 is 0 Å². The molecule has 3 heterocycles. The average Bonchev–Trinajstić information content (AvgIpc) is 2.55. The van der Waals surface area contributed by atoms with E-state index in [1.165, 1.54) is 12.3 Å². The Bertz CT molecular complexity index is 620. The zero-order valence-corrected chi connectivity index (χ0v) is 12.8. The van der Waals surface area contributed by atoms with Crippen molar-refractivity contribution < 1.29 is 19.0 Å². The van der Waals surface area contributed by atoms with Crippen LogP contribution in [-0.2, 0) is 9.47 Å². The van der Waals surface area contributed by atoms with Gasteiger partial charge < -0.3 is 24.8 Å². The molecule has 8 heteroatoms. The third kappa shape index (κ3) is 3.66. The van der Waals surface area contributed by atoms with Crippen LogP contribution >= 0.6 is 0 Å². The second-order valence-corrected chi connectivity index (χ2v) is 5.32. The summed E-state index contributed by atoms with van der Waals surface area (Å²) in [6, 6.07) is 1.55. The molecule has 2 atom stereocenters. The van der Waals surface area contributed by atoms with E-state index in [0.717, 1.165) is 6.20 Å². The molecule has 0 aromatic carbocycles. The molecule has 1 aromatic heterocycles. The number of ether oxygens (including phenoxy) is 2. The zero-order chi connectivity index (χ0) is 16.2. The van der Waals surface area contributed by atoms with E-state index >= 15 is 0 Å².